The van der Waals surface area contributed by atoms with Crippen molar-refractivity contribution in [3.63, 3.8) is 0 Å². The Hall–Kier alpha value is -2.53. The van der Waals surface area contributed by atoms with Crippen LogP contribution < -0.4 is 4.74 Å². The standard InChI is InChI=1S/C20H23NO4/c1-3-21(4-2)12-15-16(23)9-10-18-20(15)17(24)11-19(25-18)13-5-7-14(22)8-6-13/h5-10,19,22-23H,3-4,11-12H2,1-2H3. The molecule has 1 unspecified atom stereocenters. The molecule has 132 valence electrons. The molecule has 0 radical (unpaired) electrons. The highest BCUT2D eigenvalue weighted by Gasteiger charge is 2.31. The van der Waals surface area contributed by atoms with Gasteiger partial charge in [0, 0.05) is 12.1 Å². The molecule has 1 aliphatic heterocycles. The van der Waals surface area contributed by atoms with Gasteiger partial charge >= 0.3 is 0 Å². The molecule has 1 heterocycles. The van der Waals surface area contributed by atoms with Gasteiger partial charge in [-0.05, 0) is 42.9 Å². The molecule has 5 nitrogen and oxygen atoms in total. The maximum absolute atomic E-state index is 12.8. The van der Waals surface area contributed by atoms with Gasteiger partial charge in [-0.3, -0.25) is 9.69 Å². The molecule has 0 aliphatic carbocycles. The molecule has 3 rings (SSSR count). The second kappa shape index (κ2) is 7.15. The molecule has 0 saturated carbocycles. The molecule has 1 aliphatic rings. The van der Waals surface area contributed by atoms with Gasteiger partial charge in [0.2, 0.25) is 0 Å². The number of aromatic hydroxyl groups is 2. The Labute approximate surface area is 147 Å². The van der Waals surface area contributed by atoms with Crippen molar-refractivity contribution in [2.75, 3.05) is 13.1 Å². The van der Waals surface area contributed by atoms with Crippen LogP contribution in [0.25, 0.3) is 0 Å². The average Bonchev–Trinajstić information content (AvgIpc) is 2.61. The Bertz CT molecular complexity index is 766. The van der Waals surface area contributed by atoms with Crippen molar-refractivity contribution in [1.29, 1.82) is 0 Å². The normalized spacial score (nSPS) is 16.6. The van der Waals surface area contributed by atoms with E-state index in [0.717, 1.165) is 18.7 Å². The predicted molar refractivity (Wildman–Crippen MR) is 95.2 cm³/mol. The largest absolute Gasteiger partial charge is 0.508 e. The fraction of sp³-hybridized carbons (Fsp3) is 0.350. The van der Waals surface area contributed by atoms with Gasteiger partial charge in [0.25, 0.3) is 0 Å². The molecule has 0 saturated heterocycles. The number of nitrogens with zero attached hydrogens (tertiary/aromatic N) is 1. The number of ether oxygens (including phenoxy) is 1. The first-order chi connectivity index (χ1) is 12.0. The van der Waals surface area contributed by atoms with Crippen LogP contribution in [0.5, 0.6) is 17.2 Å². The molecule has 2 aromatic rings. The van der Waals surface area contributed by atoms with E-state index in [1.807, 2.05) is 0 Å². The van der Waals surface area contributed by atoms with Crippen molar-refractivity contribution in [2.24, 2.45) is 0 Å². The molecule has 0 bridgehead atoms. The number of carbonyl (C=O) groups excluding carboxylic acids is 1. The third-order valence-corrected chi connectivity index (χ3v) is 4.71. The van der Waals surface area contributed by atoms with E-state index in [0.29, 0.717) is 23.4 Å². The van der Waals surface area contributed by atoms with E-state index in [9.17, 15) is 15.0 Å². The number of hydrogen-bond donors (Lipinski definition) is 2. The Balaban J connectivity index is 1.95. The van der Waals surface area contributed by atoms with Crippen LogP contribution in [0, 0.1) is 0 Å². The van der Waals surface area contributed by atoms with Crippen LogP contribution >= 0.6 is 0 Å². The van der Waals surface area contributed by atoms with Crippen molar-refractivity contribution in [3.05, 3.63) is 53.1 Å². The lowest BCUT2D eigenvalue weighted by molar-refractivity contribution is 0.0845. The molecule has 2 N–H and O–H groups in total. The molecule has 1 atom stereocenters. The first-order valence-electron chi connectivity index (χ1n) is 8.59. The Morgan fingerprint density at radius 1 is 1.08 bits per heavy atom. The van der Waals surface area contributed by atoms with Crippen LogP contribution in [0.2, 0.25) is 0 Å². The summed E-state index contributed by atoms with van der Waals surface area (Å²) in [6.07, 6.45) is -0.168. The summed E-state index contributed by atoms with van der Waals surface area (Å²) in [6, 6.07) is 9.93. The van der Waals surface area contributed by atoms with Gasteiger partial charge in [0.1, 0.15) is 23.4 Å². The minimum absolute atomic E-state index is 0.0302. The van der Waals surface area contributed by atoms with E-state index in [1.165, 1.54) is 0 Å². The van der Waals surface area contributed by atoms with E-state index in [1.54, 1.807) is 36.4 Å². The number of fused-ring (bicyclic) bond motifs is 1. The highest BCUT2D eigenvalue weighted by atomic mass is 16.5. The molecule has 0 amide bonds. The lowest BCUT2D eigenvalue weighted by atomic mass is 9.92. The van der Waals surface area contributed by atoms with Crippen molar-refractivity contribution in [2.45, 2.75) is 32.9 Å². The number of ketones is 1. The highest BCUT2D eigenvalue weighted by molar-refractivity contribution is 6.02. The predicted octanol–water partition coefficient (Wildman–Crippen LogP) is 3.65. The average molecular weight is 341 g/mol. The number of phenols is 2. The van der Waals surface area contributed by atoms with Crippen LogP contribution in [-0.4, -0.2) is 34.0 Å². The molecule has 2 aromatic carbocycles. The van der Waals surface area contributed by atoms with E-state index in [4.69, 9.17) is 4.74 Å². The Kier molecular flexibility index (Phi) is 4.95. The summed E-state index contributed by atoms with van der Waals surface area (Å²) < 4.78 is 6.04. The first kappa shape index (κ1) is 17.3. The summed E-state index contributed by atoms with van der Waals surface area (Å²) in [6.45, 7) is 6.29. The first-order valence-corrected chi connectivity index (χ1v) is 8.59. The van der Waals surface area contributed by atoms with E-state index < -0.39 is 0 Å². The van der Waals surface area contributed by atoms with E-state index in [2.05, 4.69) is 18.7 Å². The maximum Gasteiger partial charge on any atom is 0.171 e. The second-order valence-corrected chi connectivity index (χ2v) is 6.22. The number of hydrogen-bond acceptors (Lipinski definition) is 5. The van der Waals surface area contributed by atoms with Crippen molar-refractivity contribution >= 4 is 5.78 Å². The van der Waals surface area contributed by atoms with Gasteiger partial charge < -0.3 is 14.9 Å². The smallest absolute Gasteiger partial charge is 0.171 e. The zero-order chi connectivity index (χ0) is 18.0. The topological polar surface area (TPSA) is 70.0 Å². The number of benzene rings is 2. The molecular weight excluding hydrogens is 318 g/mol. The molecule has 25 heavy (non-hydrogen) atoms. The summed E-state index contributed by atoms with van der Waals surface area (Å²) in [5.41, 5.74) is 1.97. The van der Waals surface area contributed by atoms with Gasteiger partial charge in [-0.25, -0.2) is 0 Å². The van der Waals surface area contributed by atoms with Crippen LogP contribution in [0.1, 0.15) is 47.9 Å². The maximum atomic E-state index is 12.8. The molecule has 0 fully saturated rings. The van der Waals surface area contributed by atoms with Crippen molar-refractivity contribution in [3.8, 4) is 17.2 Å². The molecule has 0 spiro atoms. The fourth-order valence-corrected chi connectivity index (χ4v) is 3.19. The van der Waals surface area contributed by atoms with E-state index >= 15 is 0 Å². The van der Waals surface area contributed by atoms with Gasteiger partial charge in [0.05, 0.1) is 12.0 Å². The zero-order valence-corrected chi connectivity index (χ0v) is 14.5. The van der Waals surface area contributed by atoms with Crippen LogP contribution in [-0.2, 0) is 6.54 Å². The minimum atomic E-state index is -0.383. The monoisotopic (exact) mass is 341 g/mol. The van der Waals surface area contributed by atoms with Gasteiger partial charge in [-0.2, -0.15) is 0 Å². The Morgan fingerprint density at radius 3 is 2.40 bits per heavy atom. The fourth-order valence-electron chi connectivity index (χ4n) is 3.19. The summed E-state index contributed by atoms with van der Waals surface area (Å²) in [5, 5.41) is 19.7. The SMILES string of the molecule is CCN(CC)Cc1c(O)ccc2c1C(=O)CC(c1ccc(O)cc1)O2. The number of Topliss-reactive ketones (excluding diaryl/α,β-unsaturated/α-hetero) is 1. The second-order valence-electron chi connectivity index (χ2n) is 6.22. The molecular formula is C20H23NO4. The van der Waals surface area contributed by atoms with Crippen LogP contribution in [0.15, 0.2) is 36.4 Å². The third kappa shape index (κ3) is 3.46. The van der Waals surface area contributed by atoms with Gasteiger partial charge in [0.15, 0.2) is 5.78 Å². The zero-order valence-electron chi connectivity index (χ0n) is 14.5. The van der Waals surface area contributed by atoms with Gasteiger partial charge in [-0.1, -0.05) is 26.0 Å². The van der Waals surface area contributed by atoms with Crippen LogP contribution in [0.4, 0.5) is 0 Å². The van der Waals surface area contributed by atoms with E-state index in [-0.39, 0.29) is 29.8 Å². The summed E-state index contributed by atoms with van der Waals surface area (Å²) >= 11 is 0. The number of phenolic OH excluding ortho intramolecular Hbond substituents is 2. The van der Waals surface area contributed by atoms with Crippen LogP contribution in [0.3, 0.4) is 0 Å². The lowest BCUT2D eigenvalue weighted by Gasteiger charge is -2.29. The van der Waals surface area contributed by atoms with Crippen molar-refractivity contribution < 1.29 is 19.7 Å². The third-order valence-electron chi connectivity index (χ3n) is 4.71. The summed E-state index contributed by atoms with van der Waals surface area (Å²) in [7, 11) is 0. The Morgan fingerprint density at radius 2 is 1.76 bits per heavy atom. The molecule has 0 aromatic heterocycles. The van der Waals surface area contributed by atoms with Crippen molar-refractivity contribution in [1.82, 2.24) is 4.90 Å². The highest BCUT2D eigenvalue weighted by Crippen LogP contribution is 2.40. The quantitative estimate of drug-likeness (QED) is 0.869. The minimum Gasteiger partial charge on any atom is -0.508 e. The molecule has 5 heteroatoms. The number of rotatable bonds is 5. The summed E-state index contributed by atoms with van der Waals surface area (Å²) in [5.74, 6) is 0.787. The number of carbonyl (C=O) groups is 1. The lowest BCUT2D eigenvalue weighted by Crippen LogP contribution is -2.26. The summed E-state index contributed by atoms with van der Waals surface area (Å²) in [4.78, 5) is 15.0. The van der Waals surface area contributed by atoms with Gasteiger partial charge in [-0.15, -0.1) is 0 Å².